The average Bonchev–Trinajstić information content (AvgIpc) is 3.23. The second-order valence-electron chi connectivity index (χ2n) is 8.51. The molecule has 0 fully saturated rings. The van der Waals surface area contributed by atoms with Gasteiger partial charge in [-0.25, -0.2) is 4.39 Å². The maximum atomic E-state index is 13.6. The van der Waals surface area contributed by atoms with Crippen molar-refractivity contribution in [2.24, 2.45) is 0 Å². The van der Waals surface area contributed by atoms with Crippen LogP contribution in [0.15, 0.2) is 66.7 Å². The van der Waals surface area contributed by atoms with E-state index in [9.17, 15) is 9.65 Å². The van der Waals surface area contributed by atoms with Crippen molar-refractivity contribution in [3.05, 3.63) is 94.8 Å². The van der Waals surface area contributed by atoms with E-state index in [0.717, 1.165) is 54.1 Å². The second kappa shape index (κ2) is 10.7. The van der Waals surface area contributed by atoms with Crippen LogP contribution in [0.1, 0.15) is 35.1 Å². The van der Waals surface area contributed by atoms with Crippen molar-refractivity contribution in [3.63, 3.8) is 0 Å². The molecule has 0 aliphatic carbocycles. The van der Waals surface area contributed by atoms with Gasteiger partial charge >= 0.3 is 0 Å². The lowest BCUT2D eigenvalue weighted by Gasteiger charge is -2.31. The Morgan fingerprint density at radius 1 is 1.06 bits per heavy atom. The number of halogens is 1. The molecule has 0 radical (unpaired) electrons. The molecule has 0 saturated carbocycles. The van der Waals surface area contributed by atoms with Gasteiger partial charge in [0.2, 0.25) is 0 Å². The zero-order chi connectivity index (χ0) is 24.0. The van der Waals surface area contributed by atoms with Crippen molar-refractivity contribution in [3.8, 4) is 17.6 Å². The molecule has 176 valence electrons. The van der Waals surface area contributed by atoms with Crippen molar-refractivity contribution < 1.29 is 18.6 Å². The topological polar surface area (TPSA) is 54.7 Å². The van der Waals surface area contributed by atoms with Crippen LogP contribution >= 0.6 is 0 Å². The van der Waals surface area contributed by atoms with E-state index in [1.165, 1.54) is 12.1 Å². The molecule has 1 aliphatic rings. The molecule has 0 spiro atoms. The molecule has 4 rings (SSSR count). The van der Waals surface area contributed by atoms with Crippen LogP contribution in [0.25, 0.3) is 0 Å². The molecule has 1 heterocycles. The summed E-state index contributed by atoms with van der Waals surface area (Å²) in [6, 6.07) is 22.1. The molecule has 0 saturated heterocycles. The van der Waals surface area contributed by atoms with Gasteiger partial charge in [-0.15, -0.1) is 0 Å². The molecular formula is C28H29FN2O3. The Bertz CT molecular complexity index is 1160. The minimum atomic E-state index is -0.647. The molecule has 3 aromatic carbocycles. The summed E-state index contributed by atoms with van der Waals surface area (Å²) in [5.74, 6) is 1.19. The number of hydrogen-bond acceptors (Lipinski definition) is 5. The van der Waals surface area contributed by atoms with Gasteiger partial charge < -0.3 is 19.1 Å². The summed E-state index contributed by atoms with van der Waals surface area (Å²) in [7, 11) is 3.70. The fourth-order valence-electron chi connectivity index (χ4n) is 4.52. The van der Waals surface area contributed by atoms with E-state index in [4.69, 9.17) is 14.2 Å². The fourth-order valence-corrected chi connectivity index (χ4v) is 4.52. The van der Waals surface area contributed by atoms with E-state index in [-0.39, 0.29) is 5.82 Å². The summed E-state index contributed by atoms with van der Waals surface area (Å²) in [6.07, 6.45) is 1.62. The summed E-state index contributed by atoms with van der Waals surface area (Å²) >= 11 is 0. The van der Waals surface area contributed by atoms with Crippen LogP contribution in [0.4, 0.5) is 4.39 Å². The standard InChI is InChI=1S/C28H29FN2O3/c1-31(16-17-33-27-7-4-3-6-26(27)32-2)15-5-14-28(23-9-11-24(29)12-10-23)25-13-8-21(19-30)18-22(25)20-34-28/h3-4,6-13,18H,5,14-17,20H2,1-2H3. The lowest BCUT2D eigenvalue weighted by atomic mass is 9.81. The highest BCUT2D eigenvalue weighted by Crippen LogP contribution is 2.45. The third-order valence-electron chi connectivity index (χ3n) is 6.32. The van der Waals surface area contributed by atoms with E-state index < -0.39 is 5.60 Å². The van der Waals surface area contributed by atoms with Crippen molar-refractivity contribution in [2.75, 3.05) is 33.9 Å². The summed E-state index contributed by atoms with van der Waals surface area (Å²) in [5, 5.41) is 9.27. The van der Waals surface area contributed by atoms with E-state index >= 15 is 0 Å². The van der Waals surface area contributed by atoms with Crippen molar-refractivity contribution >= 4 is 0 Å². The maximum Gasteiger partial charge on any atom is 0.161 e. The maximum absolute atomic E-state index is 13.6. The molecule has 34 heavy (non-hydrogen) atoms. The normalized spacial score (nSPS) is 16.8. The Morgan fingerprint density at radius 2 is 1.82 bits per heavy atom. The highest BCUT2D eigenvalue weighted by molar-refractivity contribution is 5.48. The Morgan fingerprint density at radius 3 is 2.56 bits per heavy atom. The molecule has 0 aromatic heterocycles. The van der Waals surface area contributed by atoms with Gasteiger partial charge in [0.1, 0.15) is 18.0 Å². The Balaban J connectivity index is 1.41. The predicted molar refractivity (Wildman–Crippen MR) is 128 cm³/mol. The number of nitriles is 1. The lowest BCUT2D eigenvalue weighted by molar-refractivity contribution is -0.0143. The van der Waals surface area contributed by atoms with Crippen LogP contribution < -0.4 is 9.47 Å². The predicted octanol–water partition coefficient (Wildman–Crippen LogP) is 5.27. The van der Waals surface area contributed by atoms with Gasteiger partial charge in [0.25, 0.3) is 0 Å². The number of para-hydroxylation sites is 2. The average molecular weight is 461 g/mol. The van der Waals surface area contributed by atoms with Gasteiger partial charge in [-0.05, 0) is 79.5 Å². The first-order valence-corrected chi connectivity index (χ1v) is 11.4. The number of methoxy groups -OCH3 is 1. The summed E-state index contributed by atoms with van der Waals surface area (Å²) in [6.45, 7) is 2.61. The first kappa shape index (κ1) is 23.7. The number of rotatable bonds is 10. The van der Waals surface area contributed by atoms with Crippen LogP contribution in [-0.2, 0) is 16.9 Å². The van der Waals surface area contributed by atoms with Gasteiger partial charge in [0.15, 0.2) is 11.5 Å². The van der Waals surface area contributed by atoms with Crippen LogP contribution in [0.5, 0.6) is 11.5 Å². The summed E-state index contributed by atoms with van der Waals surface area (Å²) in [5.41, 5.74) is 2.97. The van der Waals surface area contributed by atoms with Gasteiger partial charge in [0, 0.05) is 6.54 Å². The molecule has 0 N–H and O–H groups in total. The molecule has 6 heteroatoms. The second-order valence-corrected chi connectivity index (χ2v) is 8.51. The zero-order valence-electron chi connectivity index (χ0n) is 19.6. The van der Waals surface area contributed by atoms with E-state index in [2.05, 4.69) is 18.0 Å². The SMILES string of the molecule is COc1ccccc1OCCN(C)CCCC1(c2ccc(F)cc2)OCc2cc(C#N)ccc21. The molecule has 1 aliphatic heterocycles. The zero-order valence-corrected chi connectivity index (χ0v) is 19.6. The quantitative estimate of drug-likeness (QED) is 0.413. The third-order valence-corrected chi connectivity index (χ3v) is 6.32. The van der Waals surface area contributed by atoms with E-state index in [0.29, 0.717) is 18.8 Å². The Labute approximate surface area is 200 Å². The van der Waals surface area contributed by atoms with E-state index in [1.54, 1.807) is 19.2 Å². The largest absolute Gasteiger partial charge is 0.493 e. The van der Waals surface area contributed by atoms with Gasteiger partial charge in [0.05, 0.1) is 25.3 Å². The first-order valence-electron chi connectivity index (χ1n) is 11.4. The smallest absolute Gasteiger partial charge is 0.161 e. The van der Waals surface area contributed by atoms with Gasteiger partial charge in [-0.1, -0.05) is 30.3 Å². The molecular weight excluding hydrogens is 431 g/mol. The number of ether oxygens (including phenoxy) is 3. The highest BCUT2D eigenvalue weighted by atomic mass is 19.1. The lowest BCUT2D eigenvalue weighted by Crippen LogP contribution is -2.30. The van der Waals surface area contributed by atoms with Crippen molar-refractivity contribution in [1.29, 1.82) is 5.26 Å². The number of likely N-dealkylation sites (N-methyl/N-ethyl adjacent to an activating group) is 1. The summed E-state index contributed by atoms with van der Waals surface area (Å²) < 4.78 is 31.3. The molecule has 1 unspecified atom stereocenters. The monoisotopic (exact) mass is 460 g/mol. The number of hydrogen-bond donors (Lipinski definition) is 0. The molecule has 0 bridgehead atoms. The Kier molecular flexibility index (Phi) is 7.46. The van der Waals surface area contributed by atoms with Crippen LogP contribution in [0, 0.1) is 17.1 Å². The molecule has 5 nitrogen and oxygen atoms in total. The minimum absolute atomic E-state index is 0.272. The van der Waals surface area contributed by atoms with Gasteiger partial charge in [-0.2, -0.15) is 5.26 Å². The minimum Gasteiger partial charge on any atom is -0.493 e. The van der Waals surface area contributed by atoms with Crippen LogP contribution in [0.2, 0.25) is 0 Å². The number of fused-ring (bicyclic) bond motifs is 1. The third kappa shape index (κ3) is 5.06. The van der Waals surface area contributed by atoms with Gasteiger partial charge in [-0.3, -0.25) is 0 Å². The fraction of sp³-hybridized carbons (Fsp3) is 0.321. The number of benzene rings is 3. The molecule has 1 atom stereocenters. The Hall–Kier alpha value is -3.40. The van der Waals surface area contributed by atoms with E-state index in [1.807, 2.05) is 42.5 Å². The number of nitrogens with zero attached hydrogens (tertiary/aromatic N) is 2. The van der Waals surface area contributed by atoms with Crippen LogP contribution in [0.3, 0.4) is 0 Å². The first-order chi connectivity index (χ1) is 16.6. The summed E-state index contributed by atoms with van der Waals surface area (Å²) in [4.78, 5) is 2.22. The van der Waals surface area contributed by atoms with Crippen molar-refractivity contribution in [1.82, 2.24) is 4.90 Å². The molecule has 0 amide bonds. The van der Waals surface area contributed by atoms with Crippen molar-refractivity contribution in [2.45, 2.75) is 25.0 Å². The molecule has 3 aromatic rings. The highest BCUT2D eigenvalue weighted by Gasteiger charge is 2.41. The van der Waals surface area contributed by atoms with Crippen LogP contribution in [-0.4, -0.2) is 38.8 Å².